The van der Waals surface area contributed by atoms with Crippen LogP contribution in [0.2, 0.25) is 5.02 Å². The van der Waals surface area contributed by atoms with Crippen LogP contribution in [0.4, 0.5) is 4.39 Å². The summed E-state index contributed by atoms with van der Waals surface area (Å²) in [6.07, 6.45) is 3.89. The quantitative estimate of drug-likeness (QED) is 0.365. The predicted octanol–water partition coefficient (Wildman–Crippen LogP) is 4.97. The number of aromatic nitrogens is 4. The van der Waals surface area contributed by atoms with E-state index >= 15 is 0 Å². The van der Waals surface area contributed by atoms with Crippen molar-refractivity contribution in [1.82, 2.24) is 19.3 Å². The number of ether oxygens (including phenoxy) is 1. The molecule has 0 radical (unpaired) electrons. The smallest absolute Gasteiger partial charge is 0.250 e. The standard InChI is InChI=1S/C27H26ClFN4O2/c28-23-7-4-8-24(29)22(23)15-25-30-27(33(31-25)17-20-11-13-35-14-12-20)21-9-10-26(34)32(18-21)16-19-5-2-1-3-6-19/h1-10,18,20H,11-17H2. The SMILES string of the molecule is O=c1ccc(-c2nc(Cc3c(F)cccc3Cl)nn2CC2CCOCC2)cn1Cc1ccccc1. The number of nitrogens with zero attached hydrogens (tertiary/aromatic N) is 4. The minimum atomic E-state index is -0.378. The van der Waals surface area contributed by atoms with E-state index in [1.165, 1.54) is 6.07 Å². The minimum absolute atomic E-state index is 0.0912. The van der Waals surface area contributed by atoms with Gasteiger partial charge in [0.1, 0.15) is 5.82 Å². The van der Waals surface area contributed by atoms with E-state index in [1.807, 2.05) is 41.2 Å². The summed E-state index contributed by atoms with van der Waals surface area (Å²) in [5, 5.41) is 5.10. The molecule has 5 rings (SSSR count). The van der Waals surface area contributed by atoms with Gasteiger partial charge >= 0.3 is 0 Å². The van der Waals surface area contributed by atoms with Crippen LogP contribution in [0.5, 0.6) is 0 Å². The number of hydrogen-bond acceptors (Lipinski definition) is 4. The second-order valence-corrected chi connectivity index (χ2v) is 9.24. The van der Waals surface area contributed by atoms with E-state index in [1.54, 1.807) is 28.8 Å². The van der Waals surface area contributed by atoms with E-state index in [-0.39, 0.29) is 17.8 Å². The minimum Gasteiger partial charge on any atom is -0.381 e. The Morgan fingerprint density at radius 1 is 1.03 bits per heavy atom. The maximum atomic E-state index is 14.4. The van der Waals surface area contributed by atoms with Gasteiger partial charge in [0, 0.05) is 54.6 Å². The molecular formula is C27H26ClFN4O2. The molecule has 2 aromatic heterocycles. The van der Waals surface area contributed by atoms with Gasteiger partial charge in [-0.2, -0.15) is 5.10 Å². The summed E-state index contributed by atoms with van der Waals surface area (Å²) in [6, 6.07) is 17.8. The molecule has 3 heterocycles. The Bertz CT molecular complexity index is 1340. The molecule has 0 atom stereocenters. The van der Waals surface area contributed by atoms with E-state index in [9.17, 15) is 9.18 Å². The molecule has 0 amide bonds. The molecule has 0 spiro atoms. The van der Waals surface area contributed by atoms with Crippen molar-refractivity contribution in [2.24, 2.45) is 5.92 Å². The van der Waals surface area contributed by atoms with Gasteiger partial charge in [-0.3, -0.25) is 4.79 Å². The highest BCUT2D eigenvalue weighted by molar-refractivity contribution is 6.31. The number of hydrogen-bond donors (Lipinski definition) is 0. The highest BCUT2D eigenvalue weighted by atomic mass is 35.5. The summed E-state index contributed by atoms with van der Waals surface area (Å²) < 4.78 is 23.5. The fourth-order valence-electron chi connectivity index (χ4n) is 4.40. The van der Waals surface area contributed by atoms with Crippen molar-refractivity contribution in [3.8, 4) is 11.4 Å². The van der Waals surface area contributed by atoms with E-state index in [2.05, 4.69) is 0 Å². The Hall–Kier alpha value is -3.29. The average Bonchev–Trinajstić information content (AvgIpc) is 3.26. The lowest BCUT2D eigenvalue weighted by Gasteiger charge is -2.22. The third kappa shape index (κ3) is 5.52. The molecular weight excluding hydrogens is 467 g/mol. The lowest BCUT2D eigenvalue weighted by molar-refractivity contribution is 0.0602. The maximum absolute atomic E-state index is 14.4. The zero-order chi connectivity index (χ0) is 24.2. The second-order valence-electron chi connectivity index (χ2n) is 8.84. The molecule has 0 aliphatic carbocycles. The van der Waals surface area contributed by atoms with Crippen molar-refractivity contribution in [3.05, 3.63) is 105 Å². The summed E-state index contributed by atoms with van der Waals surface area (Å²) in [4.78, 5) is 17.4. The molecule has 35 heavy (non-hydrogen) atoms. The lowest BCUT2D eigenvalue weighted by atomic mass is 10.0. The van der Waals surface area contributed by atoms with Crippen LogP contribution in [0, 0.1) is 11.7 Å². The maximum Gasteiger partial charge on any atom is 0.250 e. The first-order chi connectivity index (χ1) is 17.1. The Morgan fingerprint density at radius 3 is 2.60 bits per heavy atom. The Balaban J connectivity index is 1.51. The summed E-state index contributed by atoms with van der Waals surface area (Å²) in [5.74, 6) is 1.17. The van der Waals surface area contributed by atoms with E-state index < -0.39 is 0 Å². The predicted molar refractivity (Wildman–Crippen MR) is 133 cm³/mol. The van der Waals surface area contributed by atoms with Gasteiger partial charge in [0.25, 0.3) is 5.56 Å². The Morgan fingerprint density at radius 2 is 1.83 bits per heavy atom. The van der Waals surface area contributed by atoms with Crippen molar-refractivity contribution in [2.45, 2.75) is 32.4 Å². The first-order valence-electron chi connectivity index (χ1n) is 11.8. The third-order valence-electron chi connectivity index (χ3n) is 6.32. The van der Waals surface area contributed by atoms with Gasteiger partial charge in [-0.05, 0) is 42.5 Å². The van der Waals surface area contributed by atoms with Crippen LogP contribution in [0.1, 0.15) is 29.8 Å². The van der Waals surface area contributed by atoms with Crippen molar-refractivity contribution in [1.29, 1.82) is 0 Å². The van der Waals surface area contributed by atoms with Crippen LogP contribution in [-0.4, -0.2) is 32.5 Å². The van der Waals surface area contributed by atoms with Gasteiger partial charge in [0.15, 0.2) is 11.6 Å². The van der Waals surface area contributed by atoms with Crippen LogP contribution >= 0.6 is 11.6 Å². The molecule has 1 saturated heterocycles. The molecule has 4 aromatic rings. The Labute approximate surface area is 208 Å². The van der Waals surface area contributed by atoms with Crippen molar-refractivity contribution >= 4 is 11.6 Å². The van der Waals surface area contributed by atoms with Gasteiger partial charge in [-0.15, -0.1) is 0 Å². The first-order valence-corrected chi connectivity index (χ1v) is 12.1. The number of pyridine rings is 1. The van der Waals surface area contributed by atoms with Crippen molar-refractivity contribution < 1.29 is 9.13 Å². The van der Waals surface area contributed by atoms with Crippen LogP contribution in [0.25, 0.3) is 11.4 Å². The molecule has 1 fully saturated rings. The Kier molecular flexibility index (Phi) is 7.06. The molecule has 1 aliphatic heterocycles. The molecule has 1 aliphatic rings. The van der Waals surface area contributed by atoms with Gasteiger partial charge < -0.3 is 9.30 Å². The highest BCUT2D eigenvalue weighted by Crippen LogP contribution is 2.25. The molecule has 2 aromatic carbocycles. The summed E-state index contributed by atoms with van der Waals surface area (Å²) in [5.41, 5.74) is 2.10. The van der Waals surface area contributed by atoms with Gasteiger partial charge in [0.05, 0.1) is 6.54 Å². The van der Waals surface area contributed by atoms with Gasteiger partial charge in [0.2, 0.25) is 0 Å². The molecule has 8 heteroatoms. The molecule has 0 bridgehead atoms. The average molecular weight is 493 g/mol. The van der Waals surface area contributed by atoms with E-state index in [0.717, 1.165) is 37.2 Å². The number of benzene rings is 2. The van der Waals surface area contributed by atoms with Gasteiger partial charge in [-0.1, -0.05) is 48.0 Å². The fraction of sp³-hybridized carbons (Fsp3) is 0.296. The molecule has 180 valence electrons. The monoisotopic (exact) mass is 492 g/mol. The molecule has 0 saturated carbocycles. The van der Waals surface area contributed by atoms with Crippen LogP contribution in [0.15, 0.2) is 71.7 Å². The van der Waals surface area contributed by atoms with E-state index in [0.29, 0.717) is 41.2 Å². The number of halogens is 2. The normalized spacial score (nSPS) is 14.3. The topological polar surface area (TPSA) is 61.9 Å². The molecule has 6 nitrogen and oxygen atoms in total. The largest absolute Gasteiger partial charge is 0.381 e. The first kappa shape index (κ1) is 23.5. The number of rotatable bonds is 7. The zero-order valence-corrected chi connectivity index (χ0v) is 20.0. The third-order valence-corrected chi connectivity index (χ3v) is 6.68. The van der Waals surface area contributed by atoms with E-state index in [4.69, 9.17) is 26.4 Å². The summed E-state index contributed by atoms with van der Waals surface area (Å²) >= 11 is 6.26. The highest BCUT2D eigenvalue weighted by Gasteiger charge is 2.21. The van der Waals surface area contributed by atoms with Crippen molar-refractivity contribution in [2.75, 3.05) is 13.2 Å². The van der Waals surface area contributed by atoms with Crippen LogP contribution < -0.4 is 5.56 Å². The second kappa shape index (κ2) is 10.5. The van der Waals surface area contributed by atoms with Crippen LogP contribution in [0.3, 0.4) is 0 Å². The molecule has 0 N–H and O–H groups in total. The summed E-state index contributed by atoms with van der Waals surface area (Å²) in [6.45, 7) is 2.59. The summed E-state index contributed by atoms with van der Waals surface area (Å²) in [7, 11) is 0. The van der Waals surface area contributed by atoms with Gasteiger partial charge in [-0.25, -0.2) is 14.1 Å². The van der Waals surface area contributed by atoms with Crippen molar-refractivity contribution in [3.63, 3.8) is 0 Å². The zero-order valence-electron chi connectivity index (χ0n) is 19.2. The van der Waals surface area contributed by atoms with Crippen LogP contribution in [-0.2, 0) is 24.2 Å². The molecule has 0 unspecified atom stereocenters. The lowest BCUT2D eigenvalue weighted by Crippen LogP contribution is -2.22. The fourth-order valence-corrected chi connectivity index (χ4v) is 4.63.